The van der Waals surface area contributed by atoms with Gasteiger partial charge in [-0.2, -0.15) is 0 Å². The SMILES string of the molecule is C=CC/C(N)=C1/CCCCCCCC1=NC. The summed E-state index contributed by atoms with van der Waals surface area (Å²) < 4.78 is 0. The van der Waals surface area contributed by atoms with Crippen LogP contribution in [0.4, 0.5) is 0 Å². The maximum Gasteiger partial charge on any atom is 0.0394 e. The molecular weight excluding hydrogens is 196 g/mol. The maximum absolute atomic E-state index is 6.12. The molecule has 0 saturated heterocycles. The molecule has 16 heavy (non-hydrogen) atoms. The van der Waals surface area contributed by atoms with Gasteiger partial charge >= 0.3 is 0 Å². The Bertz CT molecular complexity index is 287. The van der Waals surface area contributed by atoms with E-state index in [1.54, 1.807) is 0 Å². The summed E-state index contributed by atoms with van der Waals surface area (Å²) in [4.78, 5) is 4.42. The molecule has 0 amide bonds. The quantitative estimate of drug-likeness (QED) is 0.710. The predicted molar refractivity (Wildman–Crippen MR) is 71.7 cm³/mol. The summed E-state index contributed by atoms with van der Waals surface area (Å²) in [6, 6.07) is 0. The van der Waals surface area contributed by atoms with Crippen LogP contribution in [-0.4, -0.2) is 12.8 Å². The van der Waals surface area contributed by atoms with Gasteiger partial charge in [-0.15, -0.1) is 6.58 Å². The van der Waals surface area contributed by atoms with E-state index in [1.165, 1.54) is 43.4 Å². The molecule has 1 aliphatic rings. The van der Waals surface area contributed by atoms with E-state index < -0.39 is 0 Å². The van der Waals surface area contributed by atoms with Crippen molar-refractivity contribution in [2.75, 3.05) is 7.05 Å². The number of nitrogens with two attached hydrogens (primary N) is 1. The molecule has 0 heterocycles. The molecule has 0 spiro atoms. The first-order valence-corrected chi connectivity index (χ1v) is 6.34. The standard InChI is InChI=1S/C14H24N2/c1-3-9-13(15)12-10-7-5-4-6-8-11-14(12)16-2/h3H,1,4-11,15H2,2H3/b13-12+,16-14?. The van der Waals surface area contributed by atoms with Crippen molar-refractivity contribution in [2.45, 2.75) is 51.4 Å². The Kier molecular flexibility index (Phi) is 5.91. The number of aliphatic imine (C=N–C) groups is 1. The smallest absolute Gasteiger partial charge is 0.0394 e. The molecule has 2 heteroatoms. The van der Waals surface area contributed by atoms with Gasteiger partial charge in [-0.25, -0.2) is 0 Å². The molecule has 2 nitrogen and oxygen atoms in total. The highest BCUT2D eigenvalue weighted by atomic mass is 14.7. The van der Waals surface area contributed by atoms with Crippen LogP contribution in [0.1, 0.15) is 51.4 Å². The molecule has 2 N–H and O–H groups in total. The molecule has 1 fully saturated rings. The molecule has 90 valence electrons. The van der Waals surface area contributed by atoms with Crippen LogP contribution in [0, 0.1) is 0 Å². The topological polar surface area (TPSA) is 38.4 Å². The first-order valence-electron chi connectivity index (χ1n) is 6.34. The minimum Gasteiger partial charge on any atom is -0.402 e. The van der Waals surface area contributed by atoms with Crippen molar-refractivity contribution in [3.05, 3.63) is 23.9 Å². The summed E-state index contributed by atoms with van der Waals surface area (Å²) in [6.07, 6.45) is 11.3. The number of hydrogen-bond acceptors (Lipinski definition) is 2. The van der Waals surface area contributed by atoms with Crippen LogP contribution >= 0.6 is 0 Å². The van der Waals surface area contributed by atoms with Crippen LogP contribution in [0.15, 0.2) is 28.9 Å². The molecule has 0 radical (unpaired) electrons. The van der Waals surface area contributed by atoms with Gasteiger partial charge in [-0.3, -0.25) is 4.99 Å². The van der Waals surface area contributed by atoms with Crippen molar-refractivity contribution >= 4 is 5.71 Å². The Hall–Kier alpha value is -1.05. The molecule has 0 aliphatic heterocycles. The van der Waals surface area contributed by atoms with Crippen molar-refractivity contribution < 1.29 is 0 Å². The van der Waals surface area contributed by atoms with E-state index >= 15 is 0 Å². The van der Waals surface area contributed by atoms with E-state index in [2.05, 4.69) is 11.6 Å². The van der Waals surface area contributed by atoms with Crippen LogP contribution in [0.2, 0.25) is 0 Å². The van der Waals surface area contributed by atoms with Crippen molar-refractivity contribution in [3.8, 4) is 0 Å². The van der Waals surface area contributed by atoms with Gasteiger partial charge < -0.3 is 5.73 Å². The van der Waals surface area contributed by atoms with Gasteiger partial charge in [0, 0.05) is 24.9 Å². The molecule has 0 aromatic carbocycles. The zero-order chi connectivity index (χ0) is 11.8. The maximum atomic E-state index is 6.12. The van der Waals surface area contributed by atoms with E-state index in [0.29, 0.717) is 0 Å². The second-order valence-electron chi connectivity index (χ2n) is 4.43. The fraction of sp³-hybridized carbons (Fsp3) is 0.643. The van der Waals surface area contributed by atoms with Gasteiger partial charge in [-0.1, -0.05) is 25.3 Å². The number of nitrogens with zero attached hydrogens (tertiary/aromatic N) is 1. The lowest BCUT2D eigenvalue weighted by molar-refractivity contribution is 0.634. The first kappa shape index (κ1) is 13.0. The van der Waals surface area contributed by atoms with Gasteiger partial charge in [0.25, 0.3) is 0 Å². The summed E-state index contributed by atoms with van der Waals surface area (Å²) in [5.74, 6) is 0. The summed E-state index contributed by atoms with van der Waals surface area (Å²) in [5, 5.41) is 0. The number of rotatable bonds is 2. The zero-order valence-corrected chi connectivity index (χ0v) is 10.5. The first-order chi connectivity index (χ1) is 7.79. The van der Waals surface area contributed by atoms with E-state index in [9.17, 15) is 0 Å². The second kappa shape index (κ2) is 7.26. The van der Waals surface area contributed by atoms with Crippen LogP contribution in [-0.2, 0) is 0 Å². The van der Waals surface area contributed by atoms with Crippen LogP contribution in [0.3, 0.4) is 0 Å². The third-order valence-corrected chi connectivity index (χ3v) is 3.21. The highest BCUT2D eigenvalue weighted by Crippen LogP contribution is 2.22. The molecule has 1 aliphatic carbocycles. The average Bonchev–Trinajstić information content (AvgIpc) is 2.40. The lowest BCUT2D eigenvalue weighted by Crippen LogP contribution is -2.11. The number of hydrogen-bond donors (Lipinski definition) is 1. The minimum atomic E-state index is 0.786. The third-order valence-electron chi connectivity index (χ3n) is 3.21. The largest absolute Gasteiger partial charge is 0.402 e. The molecule has 0 bridgehead atoms. The fourth-order valence-corrected chi connectivity index (χ4v) is 2.29. The molecular formula is C14H24N2. The van der Waals surface area contributed by atoms with Gasteiger partial charge in [0.05, 0.1) is 0 Å². The zero-order valence-electron chi connectivity index (χ0n) is 10.5. The average molecular weight is 220 g/mol. The highest BCUT2D eigenvalue weighted by molar-refractivity contribution is 6.00. The van der Waals surface area contributed by atoms with Gasteiger partial charge in [0.1, 0.15) is 0 Å². The van der Waals surface area contributed by atoms with Crippen LogP contribution in [0.5, 0.6) is 0 Å². The van der Waals surface area contributed by atoms with E-state index in [4.69, 9.17) is 5.73 Å². The normalized spacial score (nSPS) is 24.4. The predicted octanol–water partition coefficient (Wildman–Crippen LogP) is 3.59. The van der Waals surface area contributed by atoms with Gasteiger partial charge in [0.15, 0.2) is 0 Å². The Balaban J connectivity index is 2.87. The summed E-state index contributed by atoms with van der Waals surface area (Å²) in [7, 11) is 1.88. The highest BCUT2D eigenvalue weighted by Gasteiger charge is 2.12. The lowest BCUT2D eigenvalue weighted by Gasteiger charge is -2.12. The Morgan fingerprint density at radius 3 is 2.50 bits per heavy atom. The monoisotopic (exact) mass is 220 g/mol. The molecule has 1 saturated carbocycles. The van der Waals surface area contributed by atoms with Gasteiger partial charge in [-0.05, 0) is 31.3 Å². The van der Waals surface area contributed by atoms with Crippen LogP contribution in [0.25, 0.3) is 0 Å². The molecule has 0 unspecified atom stereocenters. The summed E-state index contributed by atoms with van der Waals surface area (Å²) in [5.41, 5.74) is 9.61. The third kappa shape index (κ3) is 3.84. The molecule has 0 atom stereocenters. The van der Waals surface area contributed by atoms with Crippen molar-refractivity contribution in [1.82, 2.24) is 0 Å². The Morgan fingerprint density at radius 1 is 1.25 bits per heavy atom. The van der Waals surface area contributed by atoms with Gasteiger partial charge in [0.2, 0.25) is 0 Å². The lowest BCUT2D eigenvalue weighted by atomic mass is 9.98. The van der Waals surface area contributed by atoms with Crippen molar-refractivity contribution in [3.63, 3.8) is 0 Å². The Morgan fingerprint density at radius 2 is 1.88 bits per heavy atom. The molecule has 1 rings (SSSR count). The van der Waals surface area contributed by atoms with Crippen LogP contribution < -0.4 is 5.73 Å². The number of allylic oxidation sites excluding steroid dienone is 2. The fourth-order valence-electron chi connectivity index (χ4n) is 2.29. The second-order valence-corrected chi connectivity index (χ2v) is 4.43. The molecule has 0 aromatic rings. The molecule has 0 aromatic heterocycles. The van der Waals surface area contributed by atoms with Crippen molar-refractivity contribution in [2.24, 2.45) is 10.7 Å². The minimum absolute atomic E-state index is 0.786. The van der Waals surface area contributed by atoms with E-state index in [-0.39, 0.29) is 0 Å². The summed E-state index contributed by atoms with van der Waals surface area (Å²) in [6.45, 7) is 3.75. The van der Waals surface area contributed by atoms with E-state index in [0.717, 1.165) is 25.0 Å². The summed E-state index contributed by atoms with van der Waals surface area (Å²) >= 11 is 0. The van der Waals surface area contributed by atoms with E-state index in [1.807, 2.05) is 13.1 Å². The van der Waals surface area contributed by atoms with Crippen molar-refractivity contribution in [1.29, 1.82) is 0 Å². The Labute approximate surface area is 99.3 Å².